The number of ether oxygens (including phenoxy) is 2. The van der Waals surface area contributed by atoms with Gasteiger partial charge < -0.3 is 25.0 Å². The van der Waals surface area contributed by atoms with E-state index in [4.69, 9.17) is 14.5 Å². The Morgan fingerprint density at radius 3 is 2.71 bits per heavy atom. The third-order valence-electron chi connectivity index (χ3n) is 5.53. The number of hydrogen-bond donors (Lipinski definition) is 2. The van der Waals surface area contributed by atoms with E-state index in [1.54, 1.807) is 0 Å². The zero-order valence-corrected chi connectivity index (χ0v) is 22.0. The SMILES string of the molecule is CCNC(=NCc1cccnc1N1CCOCC1)NCCCOc1ccc2ccccc2c1.I. The largest absolute Gasteiger partial charge is 0.494 e. The van der Waals surface area contributed by atoms with Gasteiger partial charge in [0.05, 0.1) is 26.4 Å². The first kappa shape index (κ1) is 26.0. The lowest BCUT2D eigenvalue weighted by atomic mass is 10.1. The first-order chi connectivity index (χ1) is 16.3. The van der Waals surface area contributed by atoms with Crippen molar-refractivity contribution >= 4 is 46.5 Å². The van der Waals surface area contributed by atoms with Gasteiger partial charge in [-0.1, -0.05) is 36.4 Å². The van der Waals surface area contributed by atoms with E-state index in [0.29, 0.717) is 13.2 Å². The summed E-state index contributed by atoms with van der Waals surface area (Å²) in [5.41, 5.74) is 1.12. The number of nitrogens with zero attached hydrogens (tertiary/aromatic N) is 3. The van der Waals surface area contributed by atoms with Gasteiger partial charge >= 0.3 is 0 Å². The van der Waals surface area contributed by atoms with Crippen molar-refractivity contribution in [1.29, 1.82) is 0 Å². The minimum Gasteiger partial charge on any atom is -0.494 e. The van der Waals surface area contributed by atoms with Crippen molar-refractivity contribution in [3.8, 4) is 5.75 Å². The van der Waals surface area contributed by atoms with Crippen molar-refractivity contribution in [2.45, 2.75) is 19.9 Å². The average Bonchev–Trinajstić information content (AvgIpc) is 2.87. The number of anilines is 1. The van der Waals surface area contributed by atoms with Crippen LogP contribution in [0.4, 0.5) is 5.82 Å². The second kappa shape index (κ2) is 14.0. The molecule has 1 aromatic heterocycles. The second-order valence-corrected chi connectivity index (χ2v) is 7.92. The van der Waals surface area contributed by atoms with Gasteiger partial charge in [-0.25, -0.2) is 9.98 Å². The van der Waals surface area contributed by atoms with Gasteiger partial charge in [0.1, 0.15) is 11.6 Å². The molecular formula is C26H34IN5O2. The predicted molar refractivity (Wildman–Crippen MR) is 150 cm³/mol. The molecule has 0 unspecified atom stereocenters. The second-order valence-electron chi connectivity index (χ2n) is 7.92. The number of morpholine rings is 1. The molecule has 0 spiro atoms. The van der Waals surface area contributed by atoms with Gasteiger partial charge in [0.2, 0.25) is 0 Å². The molecule has 0 bridgehead atoms. The monoisotopic (exact) mass is 575 g/mol. The zero-order valence-electron chi connectivity index (χ0n) is 19.7. The van der Waals surface area contributed by atoms with Gasteiger partial charge in [-0.15, -0.1) is 24.0 Å². The summed E-state index contributed by atoms with van der Waals surface area (Å²) in [6.45, 7) is 8.09. The van der Waals surface area contributed by atoms with Crippen LogP contribution in [-0.4, -0.2) is 56.9 Å². The van der Waals surface area contributed by atoms with Crippen molar-refractivity contribution in [3.05, 3.63) is 66.4 Å². The number of benzene rings is 2. The van der Waals surface area contributed by atoms with Gasteiger partial charge in [-0.2, -0.15) is 0 Å². The van der Waals surface area contributed by atoms with Crippen LogP contribution in [0, 0.1) is 0 Å². The van der Waals surface area contributed by atoms with Crippen molar-refractivity contribution in [1.82, 2.24) is 15.6 Å². The van der Waals surface area contributed by atoms with Gasteiger partial charge in [-0.05, 0) is 42.3 Å². The van der Waals surface area contributed by atoms with Crippen LogP contribution in [0.1, 0.15) is 18.9 Å². The highest BCUT2D eigenvalue weighted by Gasteiger charge is 2.15. The molecule has 0 aliphatic carbocycles. The Bertz CT molecular complexity index is 1060. The van der Waals surface area contributed by atoms with Crippen LogP contribution in [-0.2, 0) is 11.3 Å². The maximum absolute atomic E-state index is 5.94. The Morgan fingerprint density at radius 2 is 1.88 bits per heavy atom. The molecule has 2 aromatic carbocycles. The van der Waals surface area contributed by atoms with Crippen molar-refractivity contribution in [3.63, 3.8) is 0 Å². The number of aromatic nitrogens is 1. The van der Waals surface area contributed by atoms with E-state index in [2.05, 4.69) is 63.8 Å². The molecule has 8 heteroatoms. The topological polar surface area (TPSA) is 71.0 Å². The van der Waals surface area contributed by atoms with Crippen LogP contribution >= 0.6 is 24.0 Å². The Hall–Kier alpha value is -2.59. The fourth-order valence-electron chi connectivity index (χ4n) is 3.85. The van der Waals surface area contributed by atoms with E-state index in [9.17, 15) is 0 Å². The van der Waals surface area contributed by atoms with E-state index in [-0.39, 0.29) is 24.0 Å². The van der Waals surface area contributed by atoms with E-state index >= 15 is 0 Å². The molecule has 1 saturated heterocycles. The third kappa shape index (κ3) is 7.46. The fourth-order valence-corrected chi connectivity index (χ4v) is 3.85. The molecule has 0 saturated carbocycles. The van der Waals surface area contributed by atoms with Crippen molar-refractivity contribution in [2.75, 3.05) is 50.9 Å². The normalized spacial score (nSPS) is 13.9. The first-order valence-corrected chi connectivity index (χ1v) is 11.7. The molecule has 2 heterocycles. The van der Waals surface area contributed by atoms with E-state index in [0.717, 1.165) is 68.9 Å². The Morgan fingerprint density at radius 1 is 1.06 bits per heavy atom. The highest BCUT2D eigenvalue weighted by molar-refractivity contribution is 14.0. The molecule has 0 atom stereocenters. The molecule has 3 aromatic rings. The number of nitrogens with one attached hydrogen (secondary N) is 2. The highest BCUT2D eigenvalue weighted by atomic mass is 127. The Kier molecular flexibility index (Phi) is 10.7. The number of rotatable bonds is 9. The molecular weight excluding hydrogens is 541 g/mol. The molecule has 4 rings (SSSR count). The van der Waals surface area contributed by atoms with Crippen LogP contribution in [0.5, 0.6) is 5.75 Å². The Labute approximate surface area is 219 Å². The molecule has 0 radical (unpaired) electrons. The van der Waals surface area contributed by atoms with Gasteiger partial charge in [0, 0.05) is 37.9 Å². The fraction of sp³-hybridized carbons (Fsp3) is 0.385. The molecule has 1 fully saturated rings. The third-order valence-corrected chi connectivity index (χ3v) is 5.53. The highest BCUT2D eigenvalue weighted by Crippen LogP contribution is 2.21. The van der Waals surface area contributed by atoms with E-state index in [1.807, 2.05) is 24.4 Å². The van der Waals surface area contributed by atoms with Crippen molar-refractivity contribution in [2.24, 2.45) is 4.99 Å². The van der Waals surface area contributed by atoms with Gasteiger partial charge in [-0.3, -0.25) is 0 Å². The lowest BCUT2D eigenvalue weighted by Crippen LogP contribution is -2.38. The number of hydrogen-bond acceptors (Lipinski definition) is 5. The average molecular weight is 575 g/mol. The minimum atomic E-state index is 0. The number of pyridine rings is 1. The van der Waals surface area contributed by atoms with Crippen LogP contribution < -0.4 is 20.3 Å². The van der Waals surface area contributed by atoms with Crippen LogP contribution in [0.3, 0.4) is 0 Å². The minimum absolute atomic E-state index is 0. The summed E-state index contributed by atoms with van der Waals surface area (Å²) in [6, 6.07) is 18.6. The summed E-state index contributed by atoms with van der Waals surface area (Å²) >= 11 is 0. The molecule has 34 heavy (non-hydrogen) atoms. The predicted octanol–water partition coefficient (Wildman–Crippen LogP) is 4.21. The molecule has 0 amide bonds. The molecule has 1 aliphatic rings. The number of halogens is 1. The number of guanidine groups is 1. The maximum Gasteiger partial charge on any atom is 0.191 e. The summed E-state index contributed by atoms with van der Waals surface area (Å²) in [4.78, 5) is 11.7. The van der Waals surface area contributed by atoms with E-state index < -0.39 is 0 Å². The Balaban J connectivity index is 0.00000324. The summed E-state index contributed by atoms with van der Waals surface area (Å²) in [6.07, 6.45) is 2.72. The molecule has 182 valence electrons. The lowest BCUT2D eigenvalue weighted by molar-refractivity contribution is 0.122. The molecule has 2 N–H and O–H groups in total. The zero-order chi connectivity index (χ0) is 22.7. The quantitative estimate of drug-likeness (QED) is 0.173. The summed E-state index contributed by atoms with van der Waals surface area (Å²) < 4.78 is 11.4. The van der Waals surface area contributed by atoms with Gasteiger partial charge in [0.25, 0.3) is 0 Å². The lowest BCUT2D eigenvalue weighted by Gasteiger charge is -2.29. The summed E-state index contributed by atoms with van der Waals surface area (Å²) in [7, 11) is 0. The summed E-state index contributed by atoms with van der Waals surface area (Å²) in [5, 5.41) is 9.16. The summed E-state index contributed by atoms with van der Waals surface area (Å²) in [5.74, 6) is 2.71. The van der Waals surface area contributed by atoms with E-state index in [1.165, 1.54) is 10.8 Å². The maximum atomic E-state index is 5.94. The number of fused-ring (bicyclic) bond motifs is 1. The number of aliphatic imine (C=N–C) groups is 1. The standard InChI is InChI=1S/C26H33N5O2.HI/c1-2-27-26(30-20-23-9-5-12-28-25(23)31-14-17-32-18-15-31)29-13-6-16-33-24-11-10-21-7-3-4-8-22(21)19-24;/h3-5,7-12,19H,2,6,13-18,20H2,1H3,(H2,27,29,30);1H. The van der Waals surface area contributed by atoms with Crippen LogP contribution in [0.25, 0.3) is 10.8 Å². The molecule has 7 nitrogen and oxygen atoms in total. The van der Waals surface area contributed by atoms with Crippen LogP contribution in [0.15, 0.2) is 65.8 Å². The van der Waals surface area contributed by atoms with Crippen LogP contribution in [0.2, 0.25) is 0 Å². The smallest absolute Gasteiger partial charge is 0.191 e. The first-order valence-electron chi connectivity index (χ1n) is 11.7. The van der Waals surface area contributed by atoms with Crippen molar-refractivity contribution < 1.29 is 9.47 Å². The molecule has 1 aliphatic heterocycles. The van der Waals surface area contributed by atoms with Gasteiger partial charge in [0.15, 0.2) is 5.96 Å².